The second-order valence-electron chi connectivity index (χ2n) is 6.33. The number of hydrogen-bond donors (Lipinski definition) is 0. The predicted molar refractivity (Wildman–Crippen MR) is 89.0 cm³/mol. The standard InChI is InChI=1S/C19H28FNO/c1-2-3-4-5-9-12-18(21-14-13-17(20)15-21)19(22)16-10-7-6-8-11-16/h6-8,10-11,17-18H,2-5,9,12-15H2,1H3. The zero-order chi connectivity index (χ0) is 15.8. The Kier molecular flexibility index (Phi) is 7.04. The maximum atomic E-state index is 13.5. The second-order valence-corrected chi connectivity index (χ2v) is 6.33. The van der Waals surface area contributed by atoms with Gasteiger partial charge in [0.2, 0.25) is 0 Å². The van der Waals surface area contributed by atoms with Gasteiger partial charge in [0.05, 0.1) is 6.04 Å². The number of nitrogens with zero attached hydrogens (tertiary/aromatic N) is 1. The van der Waals surface area contributed by atoms with Crippen LogP contribution in [-0.2, 0) is 0 Å². The molecule has 0 aliphatic carbocycles. The van der Waals surface area contributed by atoms with Crippen molar-refractivity contribution in [3.8, 4) is 0 Å². The zero-order valence-corrected chi connectivity index (χ0v) is 13.6. The van der Waals surface area contributed by atoms with Crippen molar-refractivity contribution >= 4 is 5.78 Å². The number of halogens is 1. The Morgan fingerprint density at radius 2 is 1.95 bits per heavy atom. The van der Waals surface area contributed by atoms with Gasteiger partial charge in [-0.25, -0.2) is 4.39 Å². The molecule has 1 saturated heterocycles. The summed E-state index contributed by atoms with van der Waals surface area (Å²) in [5, 5.41) is 0. The quantitative estimate of drug-likeness (QED) is 0.489. The van der Waals surface area contributed by atoms with Crippen LogP contribution in [0.1, 0.15) is 62.2 Å². The Labute approximate surface area is 133 Å². The third kappa shape index (κ3) is 4.91. The van der Waals surface area contributed by atoms with Crippen molar-refractivity contribution in [1.82, 2.24) is 4.90 Å². The minimum Gasteiger partial charge on any atom is -0.292 e. The summed E-state index contributed by atoms with van der Waals surface area (Å²) in [5.74, 6) is 0.158. The van der Waals surface area contributed by atoms with Crippen molar-refractivity contribution < 1.29 is 9.18 Å². The number of carbonyl (C=O) groups excluding carboxylic acids is 1. The highest BCUT2D eigenvalue weighted by atomic mass is 19.1. The van der Waals surface area contributed by atoms with Crippen molar-refractivity contribution in [3.63, 3.8) is 0 Å². The SMILES string of the molecule is CCCCCCCC(C(=O)c1ccccc1)N1CCC(F)C1. The first-order valence-corrected chi connectivity index (χ1v) is 8.69. The van der Waals surface area contributed by atoms with E-state index in [4.69, 9.17) is 0 Å². The Bertz CT molecular complexity index is 448. The van der Waals surface area contributed by atoms with E-state index >= 15 is 0 Å². The summed E-state index contributed by atoms with van der Waals surface area (Å²) in [5.41, 5.74) is 0.753. The van der Waals surface area contributed by atoms with Gasteiger partial charge in [-0.05, 0) is 12.8 Å². The van der Waals surface area contributed by atoms with E-state index in [-0.39, 0.29) is 11.8 Å². The number of unbranched alkanes of at least 4 members (excludes halogenated alkanes) is 4. The van der Waals surface area contributed by atoms with Crippen LogP contribution in [0.15, 0.2) is 30.3 Å². The average molecular weight is 305 g/mol. The van der Waals surface area contributed by atoms with Crippen LogP contribution in [0.25, 0.3) is 0 Å². The minimum absolute atomic E-state index is 0.148. The molecule has 1 fully saturated rings. The lowest BCUT2D eigenvalue weighted by Gasteiger charge is -2.26. The van der Waals surface area contributed by atoms with Gasteiger partial charge in [0.25, 0.3) is 0 Å². The summed E-state index contributed by atoms with van der Waals surface area (Å²) in [7, 11) is 0. The molecule has 1 aromatic carbocycles. The summed E-state index contributed by atoms with van der Waals surface area (Å²) in [4.78, 5) is 14.8. The second kappa shape index (κ2) is 9.04. The number of carbonyl (C=O) groups is 1. The van der Waals surface area contributed by atoms with Crippen molar-refractivity contribution in [2.75, 3.05) is 13.1 Å². The van der Waals surface area contributed by atoms with E-state index in [1.807, 2.05) is 30.3 Å². The maximum absolute atomic E-state index is 13.5. The molecule has 22 heavy (non-hydrogen) atoms. The van der Waals surface area contributed by atoms with Crippen molar-refractivity contribution in [3.05, 3.63) is 35.9 Å². The summed E-state index contributed by atoms with van der Waals surface area (Å²) >= 11 is 0. The van der Waals surface area contributed by atoms with Gasteiger partial charge in [-0.3, -0.25) is 9.69 Å². The van der Waals surface area contributed by atoms with Gasteiger partial charge in [-0.1, -0.05) is 69.4 Å². The van der Waals surface area contributed by atoms with Gasteiger partial charge < -0.3 is 0 Å². The van der Waals surface area contributed by atoms with Crippen LogP contribution in [0.4, 0.5) is 4.39 Å². The number of benzene rings is 1. The van der Waals surface area contributed by atoms with Gasteiger partial charge in [0, 0.05) is 18.7 Å². The number of likely N-dealkylation sites (tertiary alicyclic amines) is 1. The van der Waals surface area contributed by atoms with E-state index in [1.54, 1.807) is 0 Å². The van der Waals surface area contributed by atoms with E-state index in [0.29, 0.717) is 19.5 Å². The molecule has 1 heterocycles. The van der Waals surface area contributed by atoms with Crippen LogP contribution in [0, 0.1) is 0 Å². The molecule has 0 bridgehead atoms. The molecule has 1 aromatic rings. The van der Waals surface area contributed by atoms with Crippen molar-refractivity contribution in [1.29, 1.82) is 0 Å². The first kappa shape index (κ1) is 17.1. The van der Waals surface area contributed by atoms with E-state index in [1.165, 1.54) is 25.7 Å². The monoisotopic (exact) mass is 305 g/mol. The molecule has 1 aliphatic rings. The summed E-state index contributed by atoms with van der Waals surface area (Å²) < 4.78 is 13.5. The van der Waals surface area contributed by atoms with Crippen molar-refractivity contribution in [2.24, 2.45) is 0 Å². The van der Waals surface area contributed by atoms with Crippen LogP contribution in [0.5, 0.6) is 0 Å². The van der Waals surface area contributed by atoms with Crippen LogP contribution in [-0.4, -0.2) is 36.0 Å². The number of Topliss-reactive ketones (excluding diaryl/α,β-unsaturated/α-hetero) is 1. The highest BCUT2D eigenvalue weighted by Crippen LogP contribution is 2.22. The molecule has 0 saturated carbocycles. The lowest BCUT2D eigenvalue weighted by Crippen LogP contribution is -2.40. The molecular weight excluding hydrogens is 277 g/mol. The molecule has 2 rings (SSSR count). The zero-order valence-electron chi connectivity index (χ0n) is 13.6. The Morgan fingerprint density at radius 1 is 1.23 bits per heavy atom. The lowest BCUT2D eigenvalue weighted by atomic mass is 9.97. The molecule has 2 nitrogen and oxygen atoms in total. The molecule has 0 aromatic heterocycles. The first-order valence-electron chi connectivity index (χ1n) is 8.69. The Hall–Kier alpha value is -1.22. The van der Waals surface area contributed by atoms with Crippen molar-refractivity contribution in [2.45, 2.75) is 64.1 Å². The first-order chi connectivity index (χ1) is 10.7. The molecule has 0 N–H and O–H groups in total. The van der Waals surface area contributed by atoms with Crippen LogP contribution in [0.3, 0.4) is 0 Å². The number of ketones is 1. The fourth-order valence-electron chi connectivity index (χ4n) is 3.24. The summed E-state index contributed by atoms with van der Waals surface area (Å²) in [6.45, 7) is 3.32. The number of hydrogen-bond acceptors (Lipinski definition) is 2. The highest BCUT2D eigenvalue weighted by Gasteiger charge is 2.32. The summed E-state index contributed by atoms with van der Waals surface area (Å²) in [6.07, 6.45) is 6.57. The Balaban J connectivity index is 1.96. The fourth-order valence-corrected chi connectivity index (χ4v) is 3.24. The lowest BCUT2D eigenvalue weighted by molar-refractivity contribution is 0.0827. The molecule has 122 valence electrons. The van der Waals surface area contributed by atoms with Crippen LogP contribution < -0.4 is 0 Å². The topological polar surface area (TPSA) is 20.3 Å². The Morgan fingerprint density at radius 3 is 2.59 bits per heavy atom. The molecule has 1 aliphatic heterocycles. The fraction of sp³-hybridized carbons (Fsp3) is 0.632. The maximum Gasteiger partial charge on any atom is 0.179 e. The molecule has 3 heteroatoms. The van der Waals surface area contributed by atoms with E-state index in [9.17, 15) is 9.18 Å². The van der Waals surface area contributed by atoms with Gasteiger partial charge >= 0.3 is 0 Å². The smallest absolute Gasteiger partial charge is 0.179 e. The van der Waals surface area contributed by atoms with Gasteiger partial charge in [-0.2, -0.15) is 0 Å². The largest absolute Gasteiger partial charge is 0.292 e. The molecule has 0 radical (unpaired) electrons. The van der Waals surface area contributed by atoms with E-state index in [0.717, 1.165) is 18.4 Å². The van der Waals surface area contributed by atoms with Gasteiger partial charge in [0.1, 0.15) is 6.17 Å². The van der Waals surface area contributed by atoms with Gasteiger partial charge in [0.15, 0.2) is 5.78 Å². The number of alkyl halides is 1. The predicted octanol–water partition coefficient (Wildman–Crippen LogP) is 4.64. The van der Waals surface area contributed by atoms with Crippen LogP contribution >= 0.6 is 0 Å². The molecule has 2 atom stereocenters. The van der Waals surface area contributed by atoms with E-state index in [2.05, 4.69) is 11.8 Å². The van der Waals surface area contributed by atoms with Gasteiger partial charge in [-0.15, -0.1) is 0 Å². The van der Waals surface area contributed by atoms with Crippen LogP contribution in [0.2, 0.25) is 0 Å². The molecular formula is C19H28FNO. The normalized spacial score (nSPS) is 20.2. The summed E-state index contributed by atoms with van der Waals surface area (Å²) in [6, 6.07) is 9.31. The molecule has 0 spiro atoms. The average Bonchev–Trinajstić information content (AvgIpc) is 2.97. The number of rotatable bonds is 9. The minimum atomic E-state index is -0.772. The highest BCUT2D eigenvalue weighted by molar-refractivity contribution is 6.00. The van der Waals surface area contributed by atoms with E-state index < -0.39 is 6.17 Å². The molecule has 2 unspecified atom stereocenters. The third-order valence-corrected chi connectivity index (χ3v) is 4.55. The third-order valence-electron chi connectivity index (χ3n) is 4.55. The molecule has 0 amide bonds.